The van der Waals surface area contributed by atoms with Crippen LogP contribution in [0, 0.1) is 0 Å². The fraction of sp³-hybridized carbons (Fsp3) is 0.238. The molecule has 1 aromatic heterocycles. The summed E-state index contributed by atoms with van der Waals surface area (Å²) in [6.45, 7) is 1.27. The molecular formula is C21H25ClN4O3S2. The van der Waals surface area contributed by atoms with Gasteiger partial charge in [-0.3, -0.25) is 9.52 Å². The number of halogens is 1. The van der Waals surface area contributed by atoms with Crippen molar-refractivity contribution < 1.29 is 16.1 Å². The second-order valence-electron chi connectivity index (χ2n) is 7.10. The highest BCUT2D eigenvalue weighted by Crippen LogP contribution is 2.25. The SMILES string of the molecule is O=C1[C@@H](NCCc2ccc(Cl)cc2)CCN1c1ccc(S(=O)(=O)Nc2nccs2)cc1.[HH].[HH]. The molecule has 1 aliphatic rings. The van der Waals surface area contributed by atoms with Gasteiger partial charge < -0.3 is 10.2 Å². The van der Waals surface area contributed by atoms with Gasteiger partial charge in [0.15, 0.2) is 5.13 Å². The number of anilines is 2. The van der Waals surface area contributed by atoms with Crippen LogP contribution in [0.25, 0.3) is 0 Å². The molecule has 1 atom stereocenters. The Morgan fingerprint density at radius 3 is 2.58 bits per heavy atom. The van der Waals surface area contributed by atoms with Crippen molar-refractivity contribution in [2.45, 2.75) is 23.8 Å². The van der Waals surface area contributed by atoms with Crippen LogP contribution < -0.4 is 14.9 Å². The van der Waals surface area contributed by atoms with Crippen molar-refractivity contribution in [1.82, 2.24) is 10.3 Å². The first-order valence-corrected chi connectivity index (χ1v) is 12.5. The number of hydrogen-bond donors (Lipinski definition) is 2. The lowest BCUT2D eigenvalue weighted by atomic mass is 10.1. The van der Waals surface area contributed by atoms with E-state index in [9.17, 15) is 13.2 Å². The van der Waals surface area contributed by atoms with E-state index < -0.39 is 10.0 Å². The van der Waals surface area contributed by atoms with Crippen molar-refractivity contribution in [3.63, 3.8) is 0 Å². The van der Waals surface area contributed by atoms with Crippen LogP contribution >= 0.6 is 22.9 Å². The molecule has 0 saturated carbocycles. The number of rotatable bonds is 8. The molecule has 2 heterocycles. The average Bonchev–Trinajstić information content (AvgIpc) is 3.39. The molecule has 1 fully saturated rings. The van der Waals surface area contributed by atoms with E-state index in [4.69, 9.17) is 11.6 Å². The molecule has 2 N–H and O–H groups in total. The number of aromatic nitrogens is 1. The minimum Gasteiger partial charge on any atom is -0.311 e. The van der Waals surface area contributed by atoms with Gasteiger partial charge in [0.2, 0.25) is 5.91 Å². The number of carbonyl (C=O) groups is 1. The first-order valence-electron chi connectivity index (χ1n) is 9.74. The van der Waals surface area contributed by atoms with E-state index in [1.807, 2.05) is 24.3 Å². The molecule has 0 radical (unpaired) electrons. The van der Waals surface area contributed by atoms with Crippen molar-refractivity contribution in [2.75, 3.05) is 22.7 Å². The van der Waals surface area contributed by atoms with Gasteiger partial charge in [-0.05, 0) is 61.3 Å². The molecule has 1 aliphatic heterocycles. The average molecular weight is 481 g/mol. The molecule has 31 heavy (non-hydrogen) atoms. The minimum absolute atomic E-state index is 0. The lowest BCUT2D eigenvalue weighted by molar-refractivity contribution is -0.118. The normalized spacial score (nSPS) is 16.6. The Bertz CT molecular complexity index is 1150. The maximum Gasteiger partial charge on any atom is 0.263 e. The van der Waals surface area contributed by atoms with Crippen LogP contribution in [0.15, 0.2) is 65.0 Å². The van der Waals surface area contributed by atoms with E-state index in [1.165, 1.54) is 29.7 Å². The molecule has 166 valence electrons. The van der Waals surface area contributed by atoms with Crippen LogP contribution in [-0.2, 0) is 21.2 Å². The van der Waals surface area contributed by atoms with E-state index in [1.54, 1.807) is 22.4 Å². The fourth-order valence-corrected chi connectivity index (χ4v) is 5.34. The third-order valence-electron chi connectivity index (χ3n) is 5.04. The van der Waals surface area contributed by atoms with E-state index in [0.29, 0.717) is 35.4 Å². The highest BCUT2D eigenvalue weighted by atomic mass is 35.5. The predicted molar refractivity (Wildman–Crippen MR) is 128 cm³/mol. The smallest absolute Gasteiger partial charge is 0.263 e. The van der Waals surface area contributed by atoms with Crippen LogP contribution in [0.3, 0.4) is 0 Å². The number of sulfonamides is 1. The molecular weight excluding hydrogens is 456 g/mol. The molecule has 1 saturated heterocycles. The number of carbonyl (C=O) groups excluding carboxylic acids is 1. The highest BCUT2D eigenvalue weighted by Gasteiger charge is 2.32. The van der Waals surface area contributed by atoms with Crippen molar-refractivity contribution in [3.05, 3.63) is 70.7 Å². The monoisotopic (exact) mass is 480 g/mol. The number of nitrogens with one attached hydrogen (secondary N) is 2. The Morgan fingerprint density at radius 2 is 1.90 bits per heavy atom. The van der Waals surface area contributed by atoms with E-state index in [0.717, 1.165) is 12.0 Å². The second-order valence-corrected chi connectivity index (χ2v) is 10.1. The number of hydrogen-bond acceptors (Lipinski definition) is 6. The van der Waals surface area contributed by atoms with Crippen molar-refractivity contribution in [2.24, 2.45) is 0 Å². The Kier molecular flexibility index (Phi) is 6.57. The van der Waals surface area contributed by atoms with Crippen LogP contribution in [0.4, 0.5) is 10.8 Å². The maximum absolute atomic E-state index is 12.8. The number of nitrogens with zero attached hydrogens (tertiary/aromatic N) is 2. The summed E-state index contributed by atoms with van der Waals surface area (Å²) in [5.74, 6) is -0.00683. The summed E-state index contributed by atoms with van der Waals surface area (Å²) in [6.07, 6.45) is 3.04. The largest absolute Gasteiger partial charge is 0.311 e. The van der Waals surface area contributed by atoms with Gasteiger partial charge in [0.25, 0.3) is 10.0 Å². The molecule has 0 bridgehead atoms. The van der Waals surface area contributed by atoms with Gasteiger partial charge in [0.05, 0.1) is 10.9 Å². The first kappa shape index (κ1) is 21.8. The number of benzene rings is 2. The van der Waals surface area contributed by atoms with E-state index in [-0.39, 0.29) is 19.7 Å². The van der Waals surface area contributed by atoms with Crippen molar-refractivity contribution in [1.29, 1.82) is 0 Å². The molecule has 10 heteroatoms. The first-order chi connectivity index (χ1) is 14.9. The standard InChI is InChI=1S/C21H21ClN4O3S2.2H2/c22-16-3-1-15(2-4-16)9-11-23-19-10-13-26(20(19)27)17-5-7-18(8-6-17)31(28,29)25-21-24-12-14-30-21;;/h1-8,12,14,19,23H,9-11,13H2,(H,24,25);2*1H/t19-;;/m0../s1. The summed E-state index contributed by atoms with van der Waals surface area (Å²) in [4.78, 5) is 18.5. The molecule has 3 aromatic rings. The van der Waals surface area contributed by atoms with Gasteiger partial charge in [-0.15, -0.1) is 11.3 Å². The number of amides is 1. The summed E-state index contributed by atoms with van der Waals surface area (Å²) in [7, 11) is -3.72. The van der Waals surface area contributed by atoms with Crippen LogP contribution in [0.1, 0.15) is 14.8 Å². The summed E-state index contributed by atoms with van der Waals surface area (Å²) in [5, 5.41) is 6.03. The van der Waals surface area contributed by atoms with Crippen molar-refractivity contribution in [3.8, 4) is 0 Å². The number of thiazole rings is 1. The molecule has 7 nitrogen and oxygen atoms in total. The third-order valence-corrected chi connectivity index (χ3v) is 7.46. The quantitative estimate of drug-likeness (QED) is 0.508. The minimum atomic E-state index is -3.72. The Labute approximate surface area is 193 Å². The van der Waals surface area contributed by atoms with E-state index >= 15 is 0 Å². The van der Waals surface area contributed by atoms with Gasteiger partial charge in [-0.2, -0.15) is 0 Å². The zero-order valence-corrected chi connectivity index (χ0v) is 18.9. The molecule has 0 unspecified atom stereocenters. The Hall–Kier alpha value is -2.46. The molecule has 0 aliphatic carbocycles. The summed E-state index contributed by atoms with van der Waals surface area (Å²) >= 11 is 7.11. The van der Waals surface area contributed by atoms with Gasteiger partial charge in [-0.25, -0.2) is 13.4 Å². The highest BCUT2D eigenvalue weighted by molar-refractivity contribution is 7.93. The van der Waals surface area contributed by atoms with E-state index in [2.05, 4.69) is 15.0 Å². The lowest BCUT2D eigenvalue weighted by Crippen LogP contribution is -2.39. The van der Waals surface area contributed by atoms with Crippen molar-refractivity contribution >= 4 is 49.7 Å². The molecule has 4 rings (SSSR count). The maximum atomic E-state index is 12.8. The third kappa shape index (κ3) is 5.24. The summed E-state index contributed by atoms with van der Waals surface area (Å²) in [6, 6.07) is 13.7. The van der Waals surface area contributed by atoms with Gasteiger partial charge in [-0.1, -0.05) is 23.7 Å². The lowest BCUT2D eigenvalue weighted by Gasteiger charge is -2.18. The Balaban J connectivity index is 0.00000193. The summed E-state index contributed by atoms with van der Waals surface area (Å²) in [5.41, 5.74) is 1.84. The molecule has 0 spiro atoms. The van der Waals surface area contributed by atoms with Crippen LogP contribution in [0.5, 0.6) is 0 Å². The fourth-order valence-electron chi connectivity index (χ4n) is 3.42. The Morgan fingerprint density at radius 1 is 1.16 bits per heavy atom. The topological polar surface area (TPSA) is 91.4 Å². The van der Waals surface area contributed by atoms with Gasteiger partial charge in [0.1, 0.15) is 0 Å². The summed E-state index contributed by atoms with van der Waals surface area (Å²) < 4.78 is 27.4. The zero-order chi connectivity index (χ0) is 21.8. The predicted octanol–water partition coefficient (Wildman–Crippen LogP) is 4.03. The van der Waals surface area contributed by atoms with Gasteiger partial charge in [0, 0.05) is 31.7 Å². The second kappa shape index (κ2) is 9.35. The molecule has 2 aromatic carbocycles. The van der Waals surface area contributed by atoms with Crippen LogP contribution in [-0.4, -0.2) is 38.4 Å². The van der Waals surface area contributed by atoms with Crippen LogP contribution in [0.2, 0.25) is 5.02 Å². The van der Waals surface area contributed by atoms with Gasteiger partial charge >= 0.3 is 0 Å². The zero-order valence-electron chi connectivity index (χ0n) is 16.5. The molecule has 1 amide bonds.